The molecule has 1 N–H and O–H groups in total. The third-order valence-corrected chi connectivity index (χ3v) is 7.36. The van der Waals surface area contributed by atoms with E-state index in [0.29, 0.717) is 0 Å². The van der Waals surface area contributed by atoms with Gasteiger partial charge in [0.15, 0.2) is 0 Å². The number of carbonyl (C=O) groups is 1. The molecular weight excluding hydrogens is 468 g/mol. The standard InChI is InChI=1S/C29H30N4O2S/c1-35-26-10-3-2-7-24(26)21-32-17-6-18-33(20-19-32)29(34)23-12-14-25(15-13-23)31-36-27-11-4-8-22-9-5-16-30-28(22)27/h2-5,7-16,31H,6,17-21H2,1H3. The monoisotopic (exact) mass is 498 g/mol. The van der Waals surface area contributed by atoms with Crippen molar-refractivity contribution >= 4 is 34.4 Å². The number of rotatable bonds is 7. The van der Waals surface area contributed by atoms with Crippen LogP contribution in [0.25, 0.3) is 10.9 Å². The number of para-hydroxylation sites is 2. The Hall–Kier alpha value is -3.55. The molecule has 1 aliphatic rings. The summed E-state index contributed by atoms with van der Waals surface area (Å²) in [4.78, 5) is 23.2. The van der Waals surface area contributed by atoms with E-state index in [2.05, 4.69) is 38.9 Å². The lowest BCUT2D eigenvalue weighted by molar-refractivity contribution is 0.0761. The maximum absolute atomic E-state index is 13.2. The zero-order valence-electron chi connectivity index (χ0n) is 20.4. The number of amides is 1. The van der Waals surface area contributed by atoms with E-state index in [4.69, 9.17) is 4.74 Å². The van der Waals surface area contributed by atoms with Gasteiger partial charge in [0.1, 0.15) is 5.75 Å². The molecule has 5 rings (SSSR count). The van der Waals surface area contributed by atoms with Crippen LogP contribution in [-0.4, -0.2) is 54.0 Å². The van der Waals surface area contributed by atoms with Crippen LogP contribution in [-0.2, 0) is 6.54 Å². The van der Waals surface area contributed by atoms with Crippen molar-refractivity contribution < 1.29 is 9.53 Å². The summed E-state index contributed by atoms with van der Waals surface area (Å²) in [7, 11) is 1.71. The average Bonchev–Trinajstić information content (AvgIpc) is 3.17. The summed E-state index contributed by atoms with van der Waals surface area (Å²) in [5, 5.41) is 1.11. The van der Waals surface area contributed by atoms with Gasteiger partial charge >= 0.3 is 0 Å². The molecule has 7 heteroatoms. The Morgan fingerprint density at radius 2 is 1.78 bits per heavy atom. The summed E-state index contributed by atoms with van der Waals surface area (Å²) in [6.45, 7) is 4.13. The number of hydrogen-bond donors (Lipinski definition) is 1. The van der Waals surface area contributed by atoms with E-state index in [9.17, 15) is 4.79 Å². The maximum atomic E-state index is 13.2. The Morgan fingerprint density at radius 1 is 0.944 bits per heavy atom. The molecule has 1 amide bonds. The number of fused-ring (bicyclic) bond motifs is 1. The minimum Gasteiger partial charge on any atom is -0.496 e. The summed E-state index contributed by atoms with van der Waals surface area (Å²) < 4.78 is 8.89. The summed E-state index contributed by atoms with van der Waals surface area (Å²) in [5.41, 5.74) is 3.82. The van der Waals surface area contributed by atoms with Crippen LogP contribution in [0.4, 0.5) is 5.69 Å². The second-order valence-corrected chi connectivity index (χ2v) is 9.69. The SMILES string of the molecule is COc1ccccc1CN1CCCN(C(=O)c2ccc(NSc3cccc4cccnc34)cc2)CC1. The normalized spacial score (nSPS) is 14.4. The van der Waals surface area contributed by atoms with Gasteiger partial charge in [-0.05, 0) is 60.8 Å². The zero-order chi connectivity index (χ0) is 24.7. The van der Waals surface area contributed by atoms with Gasteiger partial charge in [0, 0.05) is 61.1 Å². The number of aromatic nitrogens is 1. The molecule has 0 atom stereocenters. The topological polar surface area (TPSA) is 57.7 Å². The molecule has 1 aromatic heterocycles. The van der Waals surface area contributed by atoms with E-state index in [0.717, 1.165) is 71.9 Å². The van der Waals surface area contributed by atoms with Crippen molar-refractivity contribution in [2.24, 2.45) is 0 Å². The van der Waals surface area contributed by atoms with Crippen LogP contribution in [0.1, 0.15) is 22.3 Å². The summed E-state index contributed by atoms with van der Waals surface area (Å²) >= 11 is 1.53. The second-order valence-electron chi connectivity index (χ2n) is 8.85. The van der Waals surface area contributed by atoms with E-state index in [1.54, 1.807) is 7.11 Å². The number of hydrogen-bond acceptors (Lipinski definition) is 6. The first-order valence-electron chi connectivity index (χ1n) is 12.2. The molecule has 6 nitrogen and oxygen atoms in total. The highest BCUT2D eigenvalue weighted by atomic mass is 32.2. The first kappa shape index (κ1) is 24.2. The molecule has 0 bridgehead atoms. The van der Waals surface area contributed by atoms with Crippen molar-refractivity contribution in [1.82, 2.24) is 14.8 Å². The smallest absolute Gasteiger partial charge is 0.253 e. The number of nitrogens with one attached hydrogen (secondary N) is 1. The molecule has 1 fully saturated rings. The van der Waals surface area contributed by atoms with Crippen molar-refractivity contribution in [3.05, 3.63) is 96.2 Å². The van der Waals surface area contributed by atoms with Crippen LogP contribution in [0, 0.1) is 0 Å². The summed E-state index contributed by atoms with van der Waals surface area (Å²) in [6, 6.07) is 26.0. The highest BCUT2D eigenvalue weighted by molar-refractivity contribution is 8.00. The van der Waals surface area contributed by atoms with Crippen molar-refractivity contribution in [1.29, 1.82) is 0 Å². The fourth-order valence-electron chi connectivity index (χ4n) is 4.54. The van der Waals surface area contributed by atoms with Crippen LogP contribution >= 0.6 is 11.9 Å². The second kappa shape index (κ2) is 11.5. The lowest BCUT2D eigenvalue weighted by atomic mass is 10.2. The van der Waals surface area contributed by atoms with Gasteiger partial charge in [0.2, 0.25) is 0 Å². The fraction of sp³-hybridized carbons (Fsp3) is 0.241. The van der Waals surface area contributed by atoms with Crippen LogP contribution in [0.5, 0.6) is 5.75 Å². The molecule has 0 radical (unpaired) electrons. The van der Waals surface area contributed by atoms with Crippen LogP contribution in [0.2, 0.25) is 0 Å². The molecule has 0 aliphatic carbocycles. The predicted octanol–water partition coefficient (Wildman–Crippen LogP) is 5.71. The minimum absolute atomic E-state index is 0.0894. The molecule has 3 aromatic carbocycles. The van der Waals surface area contributed by atoms with Gasteiger partial charge in [-0.15, -0.1) is 0 Å². The molecule has 0 saturated carbocycles. The fourth-order valence-corrected chi connectivity index (χ4v) is 5.32. The third kappa shape index (κ3) is 5.64. The van der Waals surface area contributed by atoms with Crippen LogP contribution in [0.3, 0.4) is 0 Å². The Bertz CT molecular complexity index is 1320. The van der Waals surface area contributed by atoms with Gasteiger partial charge in [-0.2, -0.15) is 0 Å². The zero-order valence-corrected chi connectivity index (χ0v) is 21.2. The lowest BCUT2D eigenvalue weighted by Crippen LogP contribution is -2.35. The molecule has 1 saturated heterocycles. The average molecular weight is 499 g/mol. The summed E-state index contributed by atoms with van der Waals surface area (Å²) in [6.07, 6.45) is 2.77. The quantitative estimate of drug-likeness (QED) is 0.329. The molecule has 184 valence electrons. The van der Waals surface area contributed by atoms with Crippen molar-refractivity contribution in [2.45, 2.75) is 17.9 Å². The van der Waals surface area contributed by atoms with E-state index < -0.39 is 0 Å². The highest BCUT2D eigenvalue weighted by Gasteiger charge is 2.21. The highest BCUT2D eigenvalue weighted by Crippen LogP contribution is 2.27. The number of methoxy groups -OCH3 is 1. The van der Waals surface area contributed by atoms with E-state index in [1.165, 1.54) is 17.5 Å². The van der Waals surface area contributed by atoms with E-state index in [1.807, 2.05) is 65.7 Å². The van der Waals surface area contributed by atoms with Gasteiger partial charge in [-0.25, -0.2) is 0 Å². The van der Waals surface area contributed by atoms with Gasteiger partial charge in [0.05, 0.1) is 17.5 Å². The first-order valence-corrected chi connectivity index (χ1v) is 13.0. The van der Waals surface area contributed by atoms with Gasteiger partial charge in [-0.3, -0.25) is 14.7 Å². The molecule has 0 unspecified atom stereocenters. The van der Waals surface area contributed by atoms with Crippen molar-refractivity contribution in [2.75, 3.05) is 38.0 Å². The number of pyridine rings is 1. The van der Waals surface area contributed by atoms with E-state index in [-0.39, 0.29) is 5.91 Å². The number of nitrogens with zero attached hydrogens (tertiary/aromatic N) is 3. The predicted molar refractivity (Wildman–Crippen MR) is 146 cm³/mol. The first-order chi connectivity index (χ1) is 17.7. The molecule has 2 heterocycles. The molecule has 1 aliphatic heterocycles. The van der Waals surface area contributed by atoms with Crippen molar-refractivity contribution in [3.8, 4) is 5.75 Å². The van der Waals surface area contributed by atoms with Gasteiger partial charge in [-0.1, -0.05) is 36.4 Å². The maximum Gasteiger partial charge on any atom is 0.253 e. The Kier molecular flexibility index (Phi) is 7.69. The number of anilines is 1. The van der Waals surface area contributed by atoms with Crippen LogP contribution in [0.15, 0.2) is 90.0 Å². The largest absolute Gasteiger partial charge is 0.496 e. The van der Waals surface area contributed by atoms with Crippen LogP contribution < -0.4 is 9.46 Å². The number of carbonyl (C=O) groups excluding carboxylic acids is 1. The Labute approximate surface area is 216 Å². The Balaban J connectivity index is 1.17. The number of ether oxygens (including phenoxy) is 1. The van der Waals surface area contributed by atoms with Gasteiger partial charge in [0.25, 0.3) is 5.91 Å². The summed E-state index contributed by atoms with van der Waals surface area (Å²) in [5.74, 6) is 1.00. The third-order valence-electron chi connectivity index (χ3n) is 6.47. The molecule has 0 spiro atoms. The number of benzene rings is 3. The Morgan fingerprint density at radius 3 is 2.64 bits per heavy atom. The molecule has 36 heavy (non-hydrogen) atoms. The lowest BCUT2D eigenvalue weighted by Gasteiger charge is -2.23. The molecular formula is C29H30N4O2S. The van der Waals surface area contributed by atoms with Crippen molar-refractivity contribution in [3.63, 3.8) is 0 Å². The minimum atomic E-state index is 0.0894. The van der Waals surface area contributed by atoms with Gasteiger partial charge < -0.3 is 14.4 Å². The molecule has 4 aromatic rings. The van der Waals surface area contributed by atoms with E-state index >= 15 is 0 Å².